The van der Waals surface area contributed by atoms with Gasteiger partial charge in [-0.1, -0.05) is 60.7 Å². The minimum Gasteiger partial charge on any atom is -0.357 e. The van der Waals surface area contributed by atoms with Crippen molar-refractivity contribution in [1.29, 1.82) is 0 Å². The van der Waals surface area contributed by atoms with E-state index >= 15 is 0 Å². The second-order valence-corrected chi connectivity index (χ2v) is 6.66. The number of aliphatic imine (C=N–C) groups is 1. The molecular weight excluding hydrogens is 463 g/mol. The van der Waals surface area contributed by atoms with E-state index in [1.54, 1.807) is 19.0 Å². The third-order valence-electron chi connectivity index (χ3n) is 4.33. The van der Waals surface area contributed by atoms with Gasteiger partial charge in [0.15, 0.2) is 5.96 Å². The zero-order chi connectivity index (χ0) is 19.5. The average molecular weight is 494 g/mol. The zero-order valence-electron chi connectivity index (χ0n) is 16.9. The summed E-state index contributed by atoms with van der Waals surface area (Å²) in [5.74, 6) is 0.958. The van der Waals surface area contributed by atoms with Gasteiger partial charge in [-0.15, -0.1) is 24.0 Å². The second kappa shape index (κ2) is 13.1. The van der Waals surface area contributed by atoms with Gasteiger partial charge in [-0.25, -0.2) is 4.99 Å². The van der Waals surface area contributed by atoms with E-state index in [4.69, 9.17) is 0 Å². The summed E-state index contributed by atoms with van der Waals surface area (Å²) in [7, 11) is 3.48. The molecule has 0 saturated carbocycles. The van der Waals surface area contributed by atoms with Gasteiger partial charge in [0.1, 0.15) is 6.54 Å². The number of nitrogens with one attached hydrogen (secondary N) is 2. The van der Waals surface area contributed by atoms with Crippen molar-refractivity contribution in [2.24, 2.45) is 4.99 Å². The predicted molar refractivity (Wildman–Crippen MR) is 127 cm³/mol. The maximum absolute atomic E-state index is 11.8. The highest BCUT2D eigenvalue weighted by atomic mass is 127. The Morgan fingerprint density at radius 2 is 1.61 bits per heavy atom. The number of nitrogens with zero attached hydrogens (tertiary/aromatic N) is 2. The Morgan fingerprint density at radius 1 is 1.00 bits per heavy atom. The number of hydrogen-bond acceptors (Lipinski definition) is 2. The minimum absolute atomic E-state index is 0. The smallest absolute Gasteiger partial charge is 0.243 e. The molecule has 152 valence electrons. The molecule has 0 aliphatic heterocycles. The van der Waals surface area contributed by atoms with Crippen LogP contribution in [0.15, 0.2) is 65.7 Å². The highest BCUT2D eigenvalue weighted by Gasteiger charge is 2.13. The minimum atomic E-state index is -0.0175. The molecule has 0 bridgehead atoms. The van der Waals surface area contributed by atoms with Gasteiger partial charge in [-0.2, -0.15) is 0 Å². The van der Waals surface area contributed by atoms with Crippen LogP contribution in [-0.4, -0.2) is 50.5 Å². The second-order valence-electron chi connectivity index (χ2n) is 6.66. The van der Waals surface area contributed by atoms with Crippen molar-refractivity contribution in [2.45, 2.75) is 19.3 Å². The van der Waals surface area contributed by atoms with Gasteiger partial charge in [0.25, 0.3) is 0 Å². The Labute approximate surface area is 185 Å². The number of carbonyl (C=O) groups is 1. The van der Waals surface area contributed by atoms with E-state index in [9.17, 15) is 4.79 Å². The monoisotopic (exact) mass is 494 g/mol. The van der Waals surface area contributed by atoms with Crippen molar-refractivity contribution in [2.75, 3.05) is 33.7 Å². The van der Waals surface area contributed by atoms with Gasteiger partial charge < -0.3 is 15.5 Å². The van der Waals surface area contributed by atoms with E-state index in [1.807, 2.05) is 19.1 Å². The van der Waals surface area contributed by atoms with Crippen LogP contribution in [0, 0.1) is 0 Å². The number of guanidine groups is 1. The van der Waals surface area contributed by atoms with Crippen LogP contribution in [-0.2, 0) is 11.2 Å². The molecule has 1 amide bonds. The van der Waals surface area contributed by atoms with Crippen molar-refractivity contribution in [1.82, 2.24) is 15.5 Å². The molecule has 5 nitrogen and oxygen atoms in total. The average Bonchev–Trinajstić information content (AvgIpc) is 2.70. The van der Waals surface area contributed by atoms with E-state index in [1.165, 1.54) is 11.1 Å². The number of amides is 1. The van der Waals surface area contributed by atoms with Gasteiger partial charge in [0.2, 0.25) is 5.91 Å². The molecule has 0 fully saturated rings. The van der Waals surface area contributed by atoms with E-state index in [0.717, 1.165) is 19.5 Å². The topological polar surface area (TPSA) is 56.7 Å². The SMILES string of the molecule is CCNC(=NCC(=O)N(C)C)NCC(Cc1ccccc1)c1ccccc1.I. The van der Waals surface area contributed by atoms with Crippen molar-refractivity contribution < 1.29 is 4.79 Å². The summed E-state index contributed by atoms with van der Waals surface area (Å²) in [4.78, 5) is 17.8. The lowest BCUT2D eigenvalue weighted by atomic mass is 9.92. The van der Waals surface area contributed by atoms with Gasteiger partial charge in [-0.3, -0.25) is 4.79 Å². The van der Waals surface area contributed by atoms with Crippen LogP contribution in [0.5, 0.6) is 0 Å². The fraction of sp³-hybridized carbons (Fsp3) is 0.364. The van der Waals surface area contributed by atoms with Crippen LogP contribution in [0.3, 0.4) is 0 Å². The molecule has 2 aromatic rings. The molecule has 6 heteroatoms. The van der Waals surface area contributed by atoms with Crippen molar-refractivity contribution >= 4 is 35.8 Å². The first kappa shape index (κ1) is 23.9. The van der Waals surface area contributed by atoms with E-state index in [0.29, 0.717) is 11.9 Å². The maximum Gasteiger partial charge on any atom is 0.243 e. The molecule has 2 N–H and O–H groups in total. The molecule has 2 rings (SSSR count). The van der Waals surface area contributed by atoms with E-state index < -0.39 is 0 Å². The number of rotatable bonds is 8. The molecule has 0 aliphatic rings. The molecule has 0 radical (unpaired) electrons. The summed E-state index contributed by atoms with van der Waals surface area (Å²) >= 11 is 0. The Hall–Kier alpha value is -2.09. The number of benzene rings is 2. The molecule has 0 aliphatic carbocycles. The Balaban J connectivity index is 0.00000392. The highest BCUT2D eigenvalue weighted by Crippen LogP contribution is 2.20. The molecule has 0 spiro atoms. The largest absolute Gasteiger partial charge is 0.357 e. The van der Waals surface area contributed by atoms with Gasteiger partial charge in [-0.05, 0) is 24.5 Å². The molecule has 1 unspecified atom stereocenters. The standard InChI is InChI=1S/C22H30N4O.HI/c1-4-23-22(25-17-21(27)26(2)3)24-16-20(19-13-9-6-10-14-19)15-18-11-7-5-8-12-18;/h5-14,20H,4,15-17H2,1-3H3,(H2,23,24,25);1H. The van der Waals surface area contributed by atoms with Crippen LogP contribution >= 0.6 is 24.0 Å². The van der Waals surface area contributed by atoms with Crippen molar-refractivity contribution in [3.05, 3.63) is 71.8 Å². The molecule has 2 aromatic carbocycles. The van der Waals surface area contributed by atoms with Crippen molar-refractivity contribution in [3.8, 4) is 0 Å². The fourth-order valence-electron chi connectivity index (χ4n) is 2.78. The lowest BCUT2D eigenvalue weighted by molar-refractivity contribution is -0.127. The van der Waals surface area contributed by atoms with E-state index in [2.05, 4.69) is 64.2 Å². The fourth-order valence-corrected chi connectivity index (χ4v) is 2.78. The zero-order valence-corrected chi connectivity index (χ0v) is 19.2. The number of halogens is 1. The van der Waals surface area contributed by atoms with Crippen LogP contribution in [0.2, 0.25) is 0 Å². The lowest BCUT2D eigenvalue weighted by Crippen LogP contribution is -2.40. The Morgan fingerprint density at radius 3 is 2.18 bits per heavy atom. The summed E-state index contributed by atoms with van der Waals surface area (Å²) < 4.78 is 0. The summed E-state index contributed by atoms with van der Waals surface area (Å²) in [6.45, 7) is 3.64. The van der Waals surface area contributed by atoms with Gasteiger partial charge in [0, 0.05) is 33.1 Å². The molecule has 0 heterocycles. The third-order valence-corrected chi connectivity index (χ3v) is 4.33. The first-order valence-electron chi connectivity index (χ1n) is 9.41. The summed E-state index contributed by atoms with van der Waals surface area (Å²) in [5.41, 5.74) is 2.59. The quantitative estimate of drug-likeness (QED) is 0.337. The van der Waals surface area contributed by atoms with Crippen LogP contribution < -0.4 is 10.6 Å². The van der Waals surface area contributed by atoms with Gasteiger partial charge in [0.05, 0.1) is 0 Å². The maximum atomic E-state index is 11.8. The molecule has 0 aromatic heterocycles. The predicted octanol–water partition coefficient (Wildman–Crippen LogP) is 3.27. The first-order valence-corrected chi connectivity index (χ1v) is 9.41. The molecule has 28 heavy (non-hydrogen) atoms. The Kier molecular flexibility index (Phi) is 11.2. The van der Waals surface area contributed by atoms with Crippen LogP contribution in [0.4, 0.5) is 0 Å². The van der Waals surface area contributed by atoms with Crippen molar-refractivity contribution in [3.63, 3.8) is 0 Å². The molecule has 1 atom stereocenters. The van der Waals surface area contributed by atoms with E-state index in [-0.39, 0.29) is 36.4 Å². The lowest BCUT2D eigenvalue weighted by Gasteiger charge is -2.20. The number of likely N-dealkylation sites (N-methyl/N-ethyl adjacent to an activating group) is 1. The van der Waals surface area contributed by atoms with Crippen LogP contribution in [0.1, 0.15) is 24.0 Å². The first-order chi connectivity index (χ1) is 13.1. The van der Waals surface area contributed by atoms with Crippen LogP contribution in [0.25, 0.3) is 0 Å². The van der Waals surface area contributed by atoms with Gasteiger partial charge >= 0.3 is 0 Å². The summed E-state index contributed by atoms with van der Waals surface area (Å²) in [6, 6.07) is 21.0. The number of carbonyl (C=O) groups excluding carboxylic acids is 1. The molecule has 0 saturated heterocycles. The third kappa shape index (κ3) is 8.29. The summed E-state index contributed by atoms with van der Waals surface area (Å²) in [6.07, 6.45) is 0.938. The molecular formula is C22H31IN4O. The highest BCUT2D eigenvalue weighted by molar-refractivity contribution is 14.0. The number of hydrogen-bond donors (Lipinski definition) is 2. The normalized spacial score (nSPS) is 11.9. The summed E-state index contributed by atoms with van der Waals surface area (Å²) in [5, 5.41) is 6.62. The Bertz CT molecular complexity index is 720.